The van der Waals surface area contributed by atoms with Crippen molar-refractivity contribution in [3.05, 3.63) is 56.9 Å². The molecule has 0 saturated heterocycles. The standard InChI is InChI=1S/C21H23ClFN3O4S2/c1-5-17(26(32(4,29)30)14-7-8-16(23)15(22)11-14)20(27)24-13-6-9-18-19(10-13)31-21(28)25(18)12(2)3/h6-12,17H,5H2,1-4H3,(H,24,27)/t17-/m0/s1. The molecule has 2 aromatic carbocycles. The van der Waals surface area contributed by atoms with Gasteiger partial charge in [-0.15, -0.1) is 0 Å². The van der Waals surface area contributed by atoms with Crippen LogP contribution in [0.5, 0.6) is 0 Å². The molecule has 0 aliphatic rings. The number of hydrogen-bond acceptors (Lipinski definition) is 5. The van der Waals surface area contributed by atoms with Crippen LogP contribution >= 0.6 is 22.9 Å². The Morgan fingerprint density at radius 2 is 1.94 bits per heavy atom. The molecule has 0 saturated carbocycles. The summed E-state index contributed by atoms with van der Waals surface area (Å²) < 4.78 is 42.0. The number of aromatic nitrogens is 1. The van der Waals surface area contributed by atoms with Gasteiger partial charge in [0.05, 0.1) is 27.2 Å². The second kappa shape index (κ2) is 9.21. The number of thiazole rings is 1. The Kier molecular flexibility index (Phi) is 6.97. The predicted molar refractivity (Wildman–Crippen MR) is 128 cm³/mol. The maximum Gasteiger partial charge on any atom is 0.308 e. The van der Waals surface area contributed by atoms with Crippen LogP contribution in [0.15, 0.2) is 41.2 Å². The molecule has 3 aromatic rings. The van der Waals surface area contributed by atoms with E-state index in [0.717, 1.165) is 33.5 Å². The Bertz CT molecular complexity index is 1330. The van der Waals surface area contributed by atoms with Crippen molar-refractivity contribution < 1.29 is 17.6 Å². The molecule has 0 spiro atoms. The summed E-state index contributed by atoms with van der Waals surface area (Å²) in [6.45, 7) is 5.50. The van der Waals surface area contributed by atoms with Gasteiger partial charge >= 0.3 is 4.87 Å². The first-order chi connectivity index (χ1) is 14.9. The highest BCUT2D eigenvalue weighted by atomic mass is 35.5. The molecule has 3 rings (SSSR count). The Hall–Kier alpha value is -2.43. The molecule has 0 unspecified atom stereocenters. The summed E-state index contributed by atoms with van der Waals surface area (Å²) in [6.07, 6.45) is 1.13. The molecule has 1 heterocycles. The number of amides is 1. The van der Waals surface area contributed by atoms with E-state index >= 15 is 0 Å². The number of nitrogens with zero attached hydrogens (tertiary/aromatic N) is 2. The van der Waals surface area contributed by atoms with E-state index in [-0.39, 0.29) is 28.0 Å². The highest BCUT2D eigenvalue weighted by Gasteiger charge is 2.32. The van der Waals surface area contributed by atoms with Gasteiger partial charge < -0.3 is 5.32 Å². The maximum atomic E-state index is 13.6. The van der Waals surface area contributed by atoms with E-state index in [1.165, 1.54) is 12.1 Å². The molecule has 1 atom stereocenters. The Labute approximate surface area is 194 Å². The van der Waals surface area contributed by atoms with Gasteiger partial charge in [0.2, 0.25) is 15.9 Å². The highest BCUT2D eigenvalue weighted by Crippen LogP contribution is 2.29. The van der Waals surface area contributed by atoms with E-state index in [9.17, 15) is 22.4 Å². The molecule has 0 radical (unpaired) electrons. The van der Waals surface area contributed by atoms with Gasteiger partial charge in [0.25, 0.3) is 0 Å². The molecule has 0 aliphatic heterocycles. The van der Waals surface area contributed by atoms with Crippen LogP contribution in [0.1, 0.15) is 33.2 Å². The lowest BCUT2D eigenvalue weighted by molar-refractivity contribution is -0.117. The first-order valence-corrected chi connectivity index (χ1v) is 12.9. The summed E-state index contributed by atoms with van der Waals surface area (Å²) in [6, 6.07) is 7.48. The molecule has 0 aliphatic carbocycles. The van der Waals surface area contributed by atoms with Crippen molar-refractivity contribution in [3.8, 4) is 0 Å². The number of fused-ring (bicyclic) bond motifs is 1. The van der Waals surface area contributed by atoms with Crippen molar-refractivity contribution in [2.75, 3.05) is 15.9 Å². The number of rotatable bonds is 7. The minimum Gasteiger partial charge on any atom is -0.324 e. The summed E-state index contributed by atoms with van der Waals surface area (Å²) in [4.78, 5) is 25.2. The lowest BCUT2D eigenvalue weighted by Crippen LogP contribution is -2.47. The van der Waals surface area contributed by atoms with Crippen molar-refractivity contribution in [3.63, 3.8) is 0 Å². The fraction of sp³-hybridized carbons (Fsp3) is 0.333. The van der Waals surface area contributed by atoms with Gasteiger partial charge in [-0.3, -0.25) is 18.5 Å². The third-order valence-electron chi connectivity index (χ3n) is 4.88. The fourth-order valence-corrected chi connectivity index (χ4v) is 5.94. The predicted octanol–water partition coefficient (Wildman–Crippen LogP) is 4.62. The molecule has 0 fully saturated rings. The molecule has 32 heavy (non-hydrogen) atoms. The third kappa shape index (κ3) is 4.82. The van der Waals surface area contributed by atoms with Gasteiger partial charge in [-0.2, -0.15) is 0 Å². The van der Waals surface area contributed by atoms with E-state index in [1.807, 2.05) is 13.8 Å². The number of sulfonamides is 1. The number of carbonyl (C=O) groups excluding carboxylic acids is 1. The van der Waals surface area contributed by atoms with Crippen LogP contribution in [0.2, 0.25) is 5.02 Å². The average molecular weight is 500 g/mol. The molecular formula is C21H23ClFN3O4S2. The van der Waals surface area contributed by atoms with Gasteiger partial charge in [0.15, 0.2) is 0 Å². The Balaban J connectivity index is 1.96. The van der Waals surface area contributed by atoms with E-state index in [1.54, 1.807) is 29.7 Å². The van der Waals surface area contributed by atoms with Crippen LogP contribution in [0.25, 0.3) is 10.2 Å². The first-order valence-electron chi connectivity index (χ1n) is 9.84. The molecule has 0 bridgehead atoms. The fourth-order valence-electron chi connectivity index (χ4n) is 3.51. The van der Waals surface area contributed by atoms with Crippen LogP contribution in [0, 0.1) is 5.82 Å². The van der Waals surface area contributed by atoms with Crippen molar-refractivity contribution in [1.29, 1.82) is 0 Å². The van der Waals surface area contributed by atoms with Crippen molar-refractivity contribution >= 4 is 60.5 Å². The smallest absolute Gasteiger partial charge is 0.308 e. The number of anilines is 2. The zero-order valence-electron chi connectivity index (χ0n) is 17.9. The van der Waals surface area contributed by atoms with E-state index in [0.29, 0.717) is 10.4 Å². The zero-order chi connectivity index (χ0) is 23.8. The topological polar surface area (TPSA) is 88.5 Å². The summed E-state index contributed by atoms with van der Waals surface area (Å²) in [7, 11) is -3.89. The molecule has 1 N–H and O–H groups in total. The Morgan fingerprint density at radius 3 is 2.50 bits per heavy atom. The van der Waals surface area contributed by atoms with Crippen LogP contribution in [-0.2, 0) is 14.8 Å². The van der Waals surface area contributed by atoms with Gasteiger partial charge in [-0.1, -0.05) is 29.9 Å². The van der Waals surface area contributed by atoms with Crippen molar-refractivity contribution in [2.45, 2.75) is 39.3 Å². The summed E-state index contributed by atoms with van der Waals surface area (Å²) in [5.74, 6) is -1.25. The van der Waals surface area contributed by atoms with E-state index < -0.39 is 27.8 Å². The lowest BCUT2D eigenvalue weighted by atomic mass is 10.1. The molecule has 7 nitrogen and oxygen atoms in total. The van der Waals surface area contributed by atoms with Crippen LogP contribution in [0.4, 0.5) is 15.8 Å². The number of benzene rings is 2. The average Bonchev–Trinajstić information content (AvgIpc) is 3.02. The second-order valence-corrected chi connectivity index (χ2v) is 10.8. The van der Waals surface area contributed by atoms with Gasteiger partial charge in [0.1, 0.15) is 11.9 Å². The molecular weight excluding hydrogens is 477 g/mol. The van der Waals surface area contributed by atoms with Gasteiger partial charge in [-0.05, 0) is 56.7 Å². The summed E-state index contributed by atoms with van der Waals surface area (Å²) >= 11 is 6.91. The van der Waals surface area contributed by atoms with Crippen LogP contribution in [0.3, 0.4) is 0 Å². The molecule has 1 amide bonds. The van der Waals surface area contributed by atoms with Gasteiger partial charge in [-0.25, -0.2) is 12.8 Å². The van der Waals surface area contributed by atoms with E-state index in [4.69, 9.17) is 11.6 Å². The molecule has 172 valence electrons. The number of hydrogen-bond donors (Lipinski definition) is 1. The number of carbonyl (C=O) groups is 1. The lowest BCUT2D eigenvalue weighted by Gasteiger charge is -2.30. The normalized spacial score (nSPS) is 12.8. The van der Waals surface area contributed by atoms with E-state index in [2.05, 4.69) is 5.32 Å². The third-order valence-corrected chi connectivity index (χ3v) is 7.27. The maximum absolute atomic E-state index is 13.6. The summed E-state index contributed by atoms with van der Waals surface area (Å²) in [5.41, 5.74) is 1.28. The SMILES string of the molecule is CC[C@@H](C(=O)Nc1ccc2c(c1)sc(=O)n2C(C)C)N(c1ccc(F)c(Cl)c1)S(C)(=O)=O. The van der Waals surface area contributed by atoms with Crippen molar-refractivity contribution in [2.24, 2.45) is 0 Å². The van der Waals surface area contributed by atoms with Crippen LogP contribution < -0.4 is 14.5 Å². The molecule has 1 aromatic heterocycles. The highest BCUT2D eigenvalue weighted by molar-refractivity contribution is 7.92. The Morgan fingerprint density at radius 1 is 1.25 bits per heavy atom. The summed E-state index contributed by atoms with van der Waals surface area (Å²) in [5, 5.41) is 2.49. The monoisotopic (exact) mass is 499 g/mol. The minimum atomic E-state index is -3.89. The minimum absolute atomic E-state index is 0.00739. The quantitative estimate of drug-likeness (QED) is 0.513. The largest absolute Gasteiger partial charge is 0.324 e. The molecule has 11 heteroatoms. The first kappa shape index (κ1) is 24.2. The van der Waals surface area contributed by atoms with Crippen LogP contribution in [-0.4, -0.2) is 31.2 Å². The van der Waals surface area contributed by atoms with Gasteiger partial charge in [0, 0.05) is 11.7 Å². The number of halogens is 2. The zero-order valence-corrected chi connectivity index (χ0v) is 20.3. The van der Waals surface area contributed by atoms with Crippen molar-refractivity contribution in [1.82, 2.24) is 4.57 Å². The second-order valence-electron chi connectivity index (χ2n) is 7.58. The number of nitrogens with one attached hydrogen (secondary N) is 1.